The number of hydrogen-bond donors (Lipinski definition) is 0. The van der Waals surface area contributed by atoms with Gasteiger partial charge in [0.2, 0.25) is 0 Å². The third kappa shape index (κ3) is 4.12. The Bertz CT molecular complexity index is 1180. The molecule has 0 unspecified atom stereocenters. The maximum absolute atomic E-state index is 10.8. The lowest BCUT2D eigenvalue weighted by Gasteiger charge is -2.13. The number of ether oxygens (including phenoxy) is 3. The number of nitro benzene ring substituents is 1. The van der Waals surface area contributed by atoms with E-state index in [1.807, 2.05) is 30.3 Å². The number of nitrogens with zero attached hydrogens (tertiary/aromatic N) is 3. The van der Waals surface area contributed by atoms with Crippen molar-refractivity contribution >= 4 is 16.6 Å². The van der Waals surface area contributed by atoms with Crippen molar-refractivity contribution in [2.75, 3.05) is 7.11 Å². The van der Waals surface area contributed by atoms with Gasteiger partial charge in [0.15, 0.2) is 17.2 Å². The molecular weight excluding hydrogens is 386 g/mol. The molecule has 8 heteroatoms. The van der Waals surface area contributed by atoms with E-state index in [2.05, 4.69) is 10.2 Å². The number of hydrogen-bond acceptors (Lipinski definition) is 7. The van der Waals surface area contributed by atoms with Crippen LogP contribution >= 0.6 is 0 Å². The maximum atomic E-state index is 10.8. The van der Waals surface area contributed by atoms with Crippen LogP contribution in [0, 0.1) is 10.1 Å². The van der Waals surface area contributed by atoms with E-state index in [0.717, 1.165) is 5.56 Å². The molecular formula is C22H17N3O5. The number of nitro groups is 1. The second-order valence-electron chi connectivity index (χ2n) is 6.36. The number of aromatic nitrogens is 2. The number of methoxy groups -OCH3 is 1. The summed E-state index contributed by atoms with van der Waals surface area (Å²) >= 11 is 0. The predicted molar refractivity (Wildman–Crippen MR) is 110 cm³/mol. The van der Waals surface area contributed by atoms with Crippen molar-refractivity contribution in [1.82, 2.24) is 10.2 Å². The van der Waals surface area contributed by atoms with Crippen LogP contribution in [0.1, 0.15) is 5.56 Å². The largest absolute Gasteiger partial charge is 0.493 e. The molecule has 4 rings (SSSR count). The molecule has 3 aromatic carbocycles. The van der Waals surface area contributed by atoms with Crippen molar-refractivity contribution in [2.24, 2.45) is 0 Å². The Morgan fingerprint density at radius 3 is 2.43 bits per heavy atom. The van der Waals surface area contributed by atoms with E-state index >= 15 is 0 Å². The molecule has 4 aromatic rings. The van der Waals surface area contributed by atoms with Gasteiger partial charge in [0.05, 0.1) is 23.6 Å². The van der Waals surface area contributed by atoms with Crippen LogP contribution in [0.2, 0.25) is 0 Å². The molecule has 0 amide bonds. The van der Waals surface area contributed by atoms with E-state index in [-0.39, 0.29) is 5.69 Å². The molecule has 0 spiro atoms. The van der Waals surface area contributed by atoms with Crippen molar-refractivity contribution in [2.45, 2.75) is 6.61 Å². The predicted octanol–water partition coefficient (Wildman–Crippen LogP) is 4.92. The molecule has 0 aliphatic carbocycles. The highest BCUT2D eigenvalue weighted by Crippen LogP contribution is 2.37. The van der Waals surface area contributed by atoms with Gasteiger partial charge in [-0.1, -0.05) is 30.3 Å². The fourth-order valence-corrected chi connectivity index (χ4v) is 2.89. The number of fused-ring (bicyclic) bond motifs is 1. The minimum atomic E-state index is -0.463. The molecule has 0 bridgehead atoms. The summed E-state index contributed by atoms with van der Waals surface area (Å²) in [5.41, 5.74) is 1.58. The average Bonchev–Trinajstić information content (AvgIpc) is 2.78. The molecule has 0 fully saturated rings. The molecule has 0 N–H and O–H groups in total. The van der Waals surface area contributed by atoms with Gasteiger partial charge in [-0.2, -0.15) is 10.2 Å². The molecule has 1 heterocycles. The van der Waals surface area contributed by atoms with Crippen molar-refractivity contribution < 1.29 is 19.1 Å². The number of benzene rings is 3. The van der Waals surface area contributed by atoms with Crippen molar-refractivity contribution in [1.29, 1.82) is 0 Å². The second kappa shape index (κ2) is 8.44. The molecule has 0 saturated carbocycles. The van der Waals surface area contributed by atoms with E-state index in [1.165, 1.54) is 30.5 Å². The Labute approximate surface area is 171 Å². The monoisotopic (exact) mass is 403 g/mol. The molecule has 0 aliphatic heterocycles. The van der Waals surface area contributed by atoms with Crippen molar-refractivity contribution in [3.63, 3.8) is 0 Å². The van der Waals surface area contributed by atoms with Crippen LogP contribution in [0.3, 0.4) is 0 Å². The first-order valence-corrected chi connectivity index (χ1v) is 9.06. The summed E-state index contributed by atoms with van der Waals surface area (Å²) in [4.78, 5) is 10.3. The standard InChI is InChI=1S/C22H17N3O5/c1-28-20-11-18-19(12-21(20)29-14-15-5-3-2-4-6-15)24-23-13-22(18)30-17-9-7-16(8-10-17)25(26)27/h2-13H,14H2,1H3. The van der Waals surface area contributed by atoms with Crippen molar-refractivity contribution in [3.05, 3.63) is 88.6 Å². The third-order valence-corrected chi connectivity index (χ3v) is 4.40. The van der Waals surface area contributed by atoms with Crippen LogP contribution in [-0.4, -0.2) is 22.2 Å². The Morgan fingerprint density at radius 2 is 1.73 bits per heavy atom. The molecule has 150 valence electrons. The summed E-state index contributed by atoms with van der Waals surface area (Å²) in [6.07, 6.45) is 1.48. The lowest BCUT2D eigenvalue weighted by Crippen LogP contribution is -1.99. The average molecular weight is 403 g/mol. The Morgan fingerprint density at radius 1 is 0.967 bits per heavy atom. The zero-order valence-electron chi connectivity index (χ0n) is 16.0. The topological polar surface area (TPSA) is 96.6 Å². The van der Waals surface area contributed by atoms with Crippen LogP contribution in [0.5, 0.6) is 23.0 Å². The molecule has 1 aromatic heterocycles. The minimum Gasteiger partial charge on any atom is -0.493 e. The lowest BCUT2D eigenvalue weighted by molar-refractivity contribution is -0.384. The van der Waals surface area contributed by atoms with Gasteiger partial charge < -0.3 is 14.2 Å². The smallest absolute Gasteiger partial charge is 0.269 e. The summed E-state index contributed by atoms with van der Waals surface area (Å²) in [5.74, 6) is 1.95. The highest BCUT2D eigenvalue weighted by atomic mass is 16.6. The van der Waals surface area contributed by atoms with Gasteiger partial charge in [-0.05, 0) is 23.8 Å². The SMILES string of the molecule is COc1cc2c(Oc3ccc([N+](=O)[O-])cc3)cnnc2cc1OCc1ccccc1. The molecule has 0 radical (unpaired) electrons. The van der Waals surface area contributed by atoms with Gasteiger partial charge in [-0.15, -0.1) is 0 Å². The zero-order valence-corrected chi connectivity index (χ0v) is 16.0. The van der Waals surface area contributed by atoms with Crippen LogP contribution in [-0.2, 0) is 6.61 Å². The third-order valence-electron chi connectivity index (χ3n) is 4.40. The van der Waals surface area contributed by atoms with Gasteiger partial charge in [-0.3, -0.25) is 10.1 Å². The highest BCUT2D eigenvalue weighted by molar-refractivity contribution is 5.87. The first-order valence-electron chi connectivity index (χ1n) is 9.06. The van der Waals surface area contributed by atoms with E-state index in [4.69, 9.17) is 14.2 Å². The highest BCUT2D eigenvalue weighted by Gasteiger charge is 2.13. The second-order valence-corrected chi connectivity index (χ2v) is 6.36. The van der Waals surface area contributed by atoms with E-state index in [1.54, 1.807) is 19.2 Å². The summed E-state index contributed by atoms with van der Waals surface area (Å²) < 4.78 is 17.3. The zero-order chi connectivity index (χ0) is 20.9. The van der Waals surface area contributed by atoms with E-state index in [9.17, 15) is 10.1 Å². The summed E-state index contributed by atoms with van der Waals surface area (Å²) in [7, 11) is 1.56. The van der Waals surface area contributed by atoms with Gasteiger partial charge >= 0.3 is 0 Å². The molecule has 0 atom stereocenters. The van der Waals surface area contributed by atoms with Crippen LogP contribution in [0.15, 0.2) is 72.9 Å². The fraction of sp³-hybridized carbons (Fsp3) is 0.0909. The Kier molecular flexibility index (Phi) is 5.38. The Hall–Kier alpha value is -4.20. The first kappa shape index (κ1) is 19.1. The maximum Gasteiger partial charge on any atom is 0.269 e. The van der Waals surface area contributed by atoms with Crippen molar-refractivity contribution in [3.8, 4) is 23.0 Å². The van der Waals surface area contributed by atoms with Crippen LogP contribution in [0.25, 0.3) is 10.9 Å². The Balaban J connectivity index is 1.63. The molecule has 0 aliphatic rings. The fourth-order valence-electron chi connectivity index (χ4n) is 2.89. The van der Waals surface area contributed by atoms with Gasteiger partial charge in [-0.25, -0.2) is 0 Å². The van der Waals surface area contributed by atoms with Crippen LogP contribution < -0.4 is 14.2 Å². The van der Waals surface area contributed by atoms with Gasteiger partial charge in [0, 0.05) is 18.2 Å². The number of non-ortho nitro benzene ring substituents is 1. The molecule has 30 heavy (non-hydrogen) atoms. The molecule has 0 saturated heterocycles. The minimum absolute atomic E-state index is 0.0121. The summed E-state index contributed by atoms with van der Waals surface area (Å²) in [6, 6.07) is 19.1. The van der Waals surface area contributed by atoms with E-state index < -0.39 is 4.92 Å². The van der Waals surface area contributed by atoms with Crippen LogP contribution in [0.4, 0.5) is 5.69 Å². The number of rotatable bonds is 7. The summed E-state index contributed by atoms with van der Waals surface area (Å²) in [6.45, 7) is 0.384. The van der Waals surface area contributed by atoms with Gasteiger partial charge in [0.1, 0.15) is 17.9 Å². The van der Waals surface area contributed by atoms with E-state index in [0.29, 0.717) is 40.5 Å². The summed E-state index contributed by atoms with van der Waals surface area (Å²) in [5, 5.41) is 19.6. The lowest BCUT2D eigenvalue weighted by atomic mass is 10.2. The normalized spacial score (nSPS) is 10.6. The quantitative estimate of drug-likeness (QED) is 0.319. The molecule has 8 nitrogen and oxygen atoms in total. The van der Waals surface area contributed by atoms with Gasteiger partial charge in [0.25, 0.3) is 5.69 Å². The first-order chi connectivity index (χ1) is 14.6.